The number of halogens is 1. The highest BCUT2D eigenvalue weighted by Gasteiger charge is 2.35. The molecule has 2 aromatic carbocycles. The molecule has 2 unspecified atom stereocenters. The second-order valence-corrected chi connectivity index (χ2v) is 8.68. The van der Waals surface area contributed by atoms with E-state index in [9.17, 15) is 17.6 Å². The Kier molecular flexibility index (Phi) is 5.48. The number of hydrogen-bond donors (Lipinski definition) is 2. The topological polar surface area (TPSA) is 112 Å². The first-order chi connectivity index (χ1) is 12.8. The predicted molar refractivity (Wildman–Crippen MR) is 98.4 cm³/mol. The van der Waals surface area contributed by atoms with Gasteiger partial charge in [0.25, 0.3) is 5.91 Å². The molecule has 1 amide bonds. The van der Waals surface area contributed by atoms with Crippen LogP contribution < -0.4 is 16.2 Å². The molecule has 8 heteroatoms. The zero-order valence-corrected chi connectivity index (χ0v) is 15.4. The number of hydrogen-bond acceptors (Lipinski definition) is 5. The largest absolute Gasteiger partial charge is 0.484 e. The molecule has 0 spiro atoms. The van der Waals surface area contributed by atoms with Crippen LogP contribution in [0.4, 0.5) is 4.39 Å². The van der Waals surface area contributed by atoms with Crippen molar-refractivity contribution in [3.05, 3.63) is 59.4 Å². The summed E-state index contributed by atoms with van der Waals surface area (Å²) >= 11 is 0. The number of carbonyl (C=O) groups excluding carboxylic acids is 1. The van der Waals surface area contributed by atoms with Crippen LogP contribution in [0, 0.1) is 5.82 Å². The number of fused-ring (bicyclic) bond motifs is 1. The lowest BCUT2D eigenvalue weighted by Gasteiger charge is -2.30. The van der Waals surface area contributed by atoms with E-state index in [1.54, 1.807) is 18.2 Å². The van der Waals surface area contributed by atoms with Crippen LogP contribution in [-0.4, -0.2) is 26.3 Å². The highest BCUT2D eigenvalue weighted by Crippen LogP contribution is 2.38. The van der Waals surface area contributed by atoms with E-state index < -0.39 is 26.9 Å². The molecule has 0 saturated carbocycles. The average Bonchev–Trinajstić information content (AvgIpc) is 2.65. The van der Waals surface area contributed by atoms with Gasteiger partial charge in [-0.15, -0.1) is 0 Å². The van der Waals surface area contributed by atoms with Gasteiger partial charge in [0.1, 0.15) is 16.9 Å². The van der Waals surface area contributed by atoms with Gasteiger partial charge in [-0.3, -0.25) is 4.79 Å². The van der Waals surface area contributed by atoms with E-state index in [1.807, 2.05) is 0 Å². The van der Waals surface area contributed by atoms with Crippen LogP contribution in [0.3, 0.4) is 0 Å². The molecule has 0 heterocycles. The van der Waals surface area contributed by atoms with Crippen LogP contribution in [0.25, 0.3) is 0 Å². The second-order valence-electron chi connectivity index (χ2n) is 6.58. The summed E-state index contributed by atoms with van der Waals surface area (Å²) in [6.07, 6.45) is 2.18. The zero-order chi connectivity index (χ0) is 19.6. The van der Waals surface area contributed by atoms with E-state index >= 15 is 0 Å². The summed E-state index contributed by atoms with van der Waals surface area (Å²) in [6, 6.07) is 9.94. The van der Waals surface area contributed by atoms with Crippen molar-refractivity contribution in [1.82, 2.24) is 0 Å². The molecule has 1 aliphatic rings. The lowest BCUT2D eigenvalue weighted by Crippen LogP contribution is -2.38. The fourth-order valence-corrected chi connectivity index (χ4v) is 4.96. The summed E-state index contributed by atoms with van der Waals surface area (Å²) in [5.74, 6) is -0.954. The minimum absolute atomic E-state index is 0.00457. The van der Waals surface area contributed by atoms with Crippen LogP contribution in [0.1, 0.15) is 29.9 Å². The summed E-state index contributed by atoms with van der Waals surface area (Å²) in [5.41, 5.74) is 13.1. The first kappa shape index (κ1) is 19.3. The molecule has 3 rings (SSSR count). The van der Waals surface area contributed by atoms with Crippen LogP contribution in [0.2, 0.25) is 0 Å². The number of amides is 1. The molecular formula is C19H21FN2O4S. The Morgan fingerprint density at radius 1 is 1.22 bits per heavy atom. The molecule has 0 aromatic heterocycles. The molecule has 0 radical (unpaired) electrons. The van der Waals surface area contributed by atoms with Gasteiger partial charge in [0, 0.05) is 5.92 Å². The Bertz CT molecular complexity index is 945. The van der Waals surface area contributed by atoms with Crippen LogP contribution in [-0.2, 0) is 21.1 Å². The maximum Gasteiger partial charge on any atom is 0.255 e. The molecular weight excluding hydrogens is 371 g/mol. The van der Waals surface area contributed by atoms with Gasteiger partial charge in [-0.25, -0.2) is 12.8 Å². The van der Waals surface area contributed by atoms with Crippen molar-refractivity contribution in [1.29, 1.82) is 0 Å². The number of aryl methyl sites for hydroxylation is 1. The van der Waals surface area contributed by atoms with Gasteiger partial charge in [-0.05, 0) is 66.8 Å². The lowest BCUT2D eigenvalue weighted by molar-refractivity contribution is -0.119. The lowest BCUT2D eigenvalue weighted by atomic mass is 9.82. The Morgan fingerprint density at radius 3 is 2.59 bits per heavy atom. The number of rotatable bonds is 6. The normalized spacial score (nSPS) is 17.8. The molecule has 6 nitrogen and oxygen atoms in total. The SMILES string of the molecule is NC(=O)COc1ccc2c(c1)CCCC2C(N)S(=O)(=O)c1ccc(F)cc1. The minimum atomic E-state index is -3.81. The third-order valence-corrected chi connectivity index (χ3v) is 6.73. The Hall–Kier alpha value is -2.45. The first-order valence-electron chi connectivity index (χ1n) is 8.58. The molecule has 2 aromatic rings. The summed E-state index contributed by atoms with van der Waals surface area (Å²) < 4.78 is 44.2. The van der Waals surface area contributed by atoms with Crippen LogP contribution >= 0.6 is 0 Å². The molecule has 27 heavy (non-hydrogen) atoms. The molecule has 0 aliphatic heterocycles. The van der Waals surface area contributed by atoms with Crippen molar-refractivity contribution in [2.24, 2.45) is 11.5 Å². The van der Waals surface area contributed by atoms with Gasteiger partial charge >= 0.3 is 0 Å². The Labute approximate surface area is 157 Å². The summed E-state index contributed by atoms with van der Waals surface area (Å²) in [6.45, 7) is -0.222. The number of ether oxygens (including phenoxy) is 1. The van der Waals surface area contributed by atoms with E-state index in [-0.39, 0.29) is 17.4 Å². The van der Waals surface area contributed by atoms with Crippen molar-refractivity contribution >= 4 is 15.7 Å². The standard InChI is InChI=1S/C19H21FN2O4S/c20-13-4-7-15(8-5-13)27(24,25)19(22)17-3-1-2-12-10-14(6-9-16(12)17)26-11-18(21)23/h4-10,17,19H,1-3,11,22H2,(H2,21,23). The molecule has 2 atom stereocenters. The molecule has 0 saturated heterocycles. The Morgan fingerprint density at radius 2 is 1.93 bits per heavy atom. The predicted octanol–water partition coefficient (Wildman–Crippen LogP) is 1.87. The van der Waals surface area contributed by atoms with Crippen molar-refractivity contribution in [3.8, 4) is 5.75 Å². The first-order valence-corrected chi connectivity index (χ1v) is 10.1. The van der Waals surface area contributed by atoms with Gasteiger partial charge in [-0.2, -0.15) is 0 Å². The summed E-state index contributed by atoms with van der Waals surface area (Å²) in [5, 5.41) is -1.14. The van der Waals surface area contributed by atoms with Gasteiger partial charge < -0.3 is 16.2 Å². The molecule has 4 N–H and O–H groups in total. The highest BCUT2D eigenvalue weighted by molar-refractivity contribution is 7.92. The maximum atomic E-state index is 13.1. The number of benzene rings is 2. The molecule has 1 aliphatic carbocycles. The fourth-order valence-electron chi connectivity index (χ4n) is 3.41. The third kappa shape index (κ3) is 4.12. The summed E-state index contributed by atoms with van der Waals surface area (Å²) in [4.78, 5) is 10.9. The Balaban J connectivity index is 1.88. The number of carbonyl (C=O) groups is 1. The number of primary amides is 1. The fraction of sp³-hybridized carbons (Fsp3) is 0.316. The van der Waals surface area contributed by atoms with Crippen molar-refractivity contribution in [2.75, 3.05) is 6.61 Å². The van der Waals surface area contributed by atoms with Crippen molar-refractivity contribution < 1.29 is 22.3 Å². The van der Waals surface area contributed by atoms with E-state index in [4.69, 9.17) is 16.2 Å². The minimum Gasteiger partial charge on any atom is -0.484 e. The van der Waals surface area contributed by atoms with E-state index in [2.05, 4.69) is 0 Å². The number of nitrogens with two attached hydrogens (primary N) is 2. The highest BCUT2D eigenvalue weighted by atomic mass is 32.2. The molecule has 0 bridgehead atoms. The summed E-state index contributed by atoms with van der Waals surface area (Å²) in [7, 11) is -3.81. The monoisotopic (exact) mass is 392 g/mol. The third-order valence-electron chi connectivity index (χ3n) is 4.75. The smallest absolute Gasteiger partial charge is 0.255 e. The van der Waals surface area contributed by atoms with Crippen LogP contribution in [0.15, 0.2) is 47.4 Å². The van der Waals surface area contributed by atoms with E-state index in [1.165, 1.54) is 12.1 Å². The van der Waals surface area contributed by atoms with Crippen molar-refractivity contribution in [2.45, 2.75) is 35.4 Å². The van der Waals surface area contributed by atoms with Crippen LogP contribution in [0.5, 0.6) is 5.75 Å². The zero-order valence-electron chi connectivity index (χ0n) is 14.6. The maximum absolute atomic E-state index is 13.1. The van der Waals surface area contributed by atoms with Gasteiger partial charge in [0.15, 0.2) is 16.4 Å². The second kappa shape index (κ2) is 7.66. The van der Waals surface area contributed by atoms with Gasteiger partial charge in [0.05, 0.1) is 4.90 Å². The van der Waals surface area contributed by atoms with E-state index in [0.717, 1.165) is 36.1 Å². The molecule has 0 fully saturated rings. The average molecular weight is 392 g/mol. The quantitative estimate of drug-likeness (QED) is 0.729. The van der Waals surface area contributed by atoms with E-state index in [0.29, 0.717) is 12.2 Å². The van der Waals surface area contributed by atoms with Crippen molar-refractivity contribution in [3.63, 3.8) is 0 Å². The van der Waals surface area contributed by atoms with Gasteiger partial charge in [0.2, 0.25) is 0 Å². The molecule has 144 valence electrons. The number of sulfone groups is 1. The van der Waals surface area contributed by atoms with Gasteiger partial charge in [-0.1, -0.05) is 6.07 Å².